The van der Waals surface area contributed by atoms with Crippen LogP contribution in [0.15, 0.2) is 60.7 Å². The van der Waals surface area contributed by atoms with Crippen LogP contribution >= 0.6 is 12.6 Å². The SMILES string of the molecule is O=C1N(Cc2ccccc2)C[C@H](CS)N1Cc1ccccc1. The number of benzene rings is 2. The number of carbonyl (C=O) groups excluding carboxylic acids is 1. The van der Waals surface area contributed by atoms with Gasteiger partial charge in [0.1, 0.15) is 0 Å². The molecule has 1 heterocycles. The molecule has 2 aromatic carbocycles. The average molecular weight is 312 g/mol. The summed E-state index contributed by atoms with van der Waals surface area (Å²) in [5.41, 5.74) is 2.32. The average Bonchev–Trinajstić information content (AvgIpc) is 2.86. The van der Waals surface area contributed by atoms with Crippen LogP contribution in [0.4, 0.5) is 4.79 Å². The maximum atomic E-state index is 12.7. The number of amides is 2. The van der Waals surface area contributed by atoms with Gasteiger partial charge in [-0.3, -0.25) is 0 Å². The van der Waals surface area contributed by atoms with Crippen molar-refractivity contribution in [2.75, 3.05) is 12.3 Å². The highest BCUT2D eigenvalue weighted by Gasteiger charge is 2.36. The smallest absolute Gasteiger partial charge is 0.318 e. The standard InChI is InChI=1S/C18H20N2OS/c21-18-19(11-15-7-3-1-4-8-15)13-17(14-22)20(18)12-16-9-5-2-6-10-16/h1-10,17,22H,11-14H2/t17-/m1/s1. The van der Waals surface area contributed by atoms with Crippen molar-refractivity contribution in [2.24, 2.45) is 0 Å². The van der Waals surface area contributed by atoms with Crippen LogP contribution in [0.2, 0.25) is 0 Å². The quantitative estimate of drug-likeness (QED) is 0.840. The van der Waals surface area contributed by atoms with E-state index in [-0.39, 0.29) is 12.1 Å². The number of hydrogen-bond donors (Lipinski definition) is 1. The summed E-state index contributed by atoms with van der Waals surface area (Å²) in [5.74, 6) is 0.684. The predicted octanol–water partition coefficient (Wildman–Crippen LogP) is 3.42. The maximum Gasteiger partial charge on any atom is 0.321 e. The number of rotatable bonds is 5. The molecule has 2 aromatic rings. The third-order valence-corrected chi connectivity index (χ3v) is 4.43. The lowest BCUT2D eigenvalue weighted by Crippen LogP contribution is -2.35. The first-order chi connectivity index (χ1) is 10.8. The van der Waals surface area contributed by atoms with E-state index in [1.54, 1.807) is 0 Å². The van der Waals surface area contributed by atoms with Crippen molar-refractivity contribution < 1.29 is 4.79 Å². The van der Waals surface area contributed by atoms with Gasteiger partial charge in [0, 0.05) is 25.4 Å². The lowest BCUT2D eigenvalue weighted by atomic mass is 10.2. The Kier molecular flexibility index (Phi) is 4.68. The number of urea groups is 1. The lowest BCUT2D eigenvalue weighted by molar-refractivity contribution is 0.184. The van der Waals surface area contributed by atoms with Gasteiger partial charge in [0.05, 0.1) is 6.04 Å². The second-order valence-electron chi connectivity index (χ2n) is 5.60. The highest BCUT2D eigenvalue weighted by molar-refractivity contribution is 7.80. The predicted molar refractivity (Wildman–Crippen MR) is 91.9 cm³/mol. The van der Waals surface area contributed by atoms with Gasteiger partial charge in [-0.1, -0.05) is 60.7 Å². The van der Waals surface area contributed by atoms with Gasteiger partial charge in [0.25, 0.3) is 0 Å². The minimum Gasteiger partial charge on any atom is -0.318 e. The van der Waals surface area contributed by atoms with Crippen molar-refractivity contribution in [3.05, 3.63) is 71.8 Å². The summed E-state index contributed by atoms with van der Waals surface area (Å²) in [7, 11) is 0. The van der Waals surface area contributed by atoms with Crippen LogP contribution in [0, 0.1) is 0 Å². The highest BCUT2D eigenvalue weighted by atomic mass is 32.1. The molecule has 1 aliphatic heterocycles. The van der Waals surface area contributed by atoms with E-state index in [9.17, 15) is 4.79 Å². The van der Waals surface area contributed by atoms with E-state index in [2.05, 4.69) is 36.9 Å². The van der Waals surface area contributed by atoms with Crippen LogP contribution in [0.3, 0.4) is 0 Å². The molecule has 114 valence electrons. The van der Waals surface area contributed by atoms with Gasteiger partial charge >= 0.3 is 6.03 Å². The molecule has 1 saturated heterocycles. The van der Waals surface area contributed by atoms with Crippen molar-refractivity contribution >= 4 is 18.7 Å². The van der Waals surface area contributed by atoms with E-state index in [0.29, 0.717) is 18.8 Å². The molecule has 0 spiro atoms. The number of hydrogen-bond acceptors (Lipinski definition) is 2. The van der Waals surface area contributed by atoms with Crippen LogP contribution in [0.25, 0.3) is 0 Å². The molecule has 3 nitrogen and oxygen atoms in total. The second-order valence-corrected chi connectivity index (χ2v) is 5.96. The fourth-order valence-corrected chi connectivity index (χ4v) is 3.15. The highest BCUT2D eigenvalue weighted by Crippen LogP contribution is 2.22. The summed E-state index contributed by atoms with van der Waals surface area (Å²) in [6.45, 7) is 2.05. The molecule has 0 unspecified atom stereocenters. The summed E-state index contributed by atoms with van der Waals surface area (Å²) in [6.07, 6.45) is 0. The fourth-order valence-electron chi connectivity index (χ4n) is 2.84. The van der Waals surface area contributed by atoms with Crippen LogP contribution in [0.1, 0.15) is 11.1 Å². The monoisotopic (exact) mass is 312 g/mol. The topological polar surface area (TPSA) is 23.6 Å². The molecular weight excluding hydrogens is 292 g/mol. The molecule has 4 heteroatoms. The Balaban J connectivity index is 1.72. The summed E-state index contributed by atoms with van der Waals surface area (Å²) < 4.78 is 0. The van der Waals surface area contributed by atoms with Gasteiger partial charge in [-0.25, -0.2) is 4.79 Å². The Bertz CT molecular complexity index is 617. The Hall–Kier alpha value is -1.94. The molecule has 0 radical (unpaired) electrons. The van der Waals surface area contributed by atoms with Crippen molar-refractivity contribution in [1.29, 1.82) is 0 Å². The van der Waals surface area contributed by atoms with E-state index in [1.807, 2.05) is 46.2 Å². The zero-order chi connectivity index (χ0) is 15.4. The second kappa shape index (κ2) is 6.88. The minimum atomic E-state index is 0.103. The zero-order valence-electron chi connectivity index (χ0n) is 12.4. The normalized spacial score (nSPS) is 18.0. The first kappa shape index (κ1) is 15.0. The largest absolute Gasteiger partial charge is 0.321 e. The summed E-state index contributed by atoms with van der Waals surface area (Å²) >= 11 is 4.43. The van der Waals surface area contributed by atoms with Gasteiger partial charge in [-0.05, 0) is 11.1 Å². The third-order valence-electron chi connectivity index (χ3n) is 4.01. The van der Waals surface area contributed by atoms with Gasteiger partial charge in [-0.15, -0.1) is 0 Å². The van der Waals surface area contributed by atoms with Crippen molar-refractivity contribution in [3.63, 3.8) is 0 Å². The molecule has 22 heavy (non-hydrogen) atoms. The molecular formula is C18H20N2OS. The van der Waals surface area contributed by atoms with E-state index >= 15 is 0 Å². The van der Waals surface area contributed by atoms with E-state index in [1.165, 1.54) is 0 Å². The maximum absolute atomic E-state index is 12.7. The molecule has 1 atom stereocenters. The van der Waals surface area contributed by atoms with Crippen LogP contribution in [-0.2, 0) is 13.1 Å². The number of nitrogens with zero attached hydrogens (tertiary/aromatic N) is 2. The molecule has 0 saturated carbocycles. The first-order valence-corrected chi connectivity index (χ1v) is 8.15. The number of thiol groups is 1. The molecule has 0 aromatic heterocycles. The minimum absolute atomic E-state index is 0.103. The molecule has 2 amide bonds. The molecule has 0 aliphatic carbocycles. The lowest BCUT2D eigenvalue weighted by Gasteiger charge is -2.22. The van der Waals surface area contributed by atoms with E-state index in [0.717, 1.165) is 17.7 Å². The molecule has 0 bridgehead atoms. The van der Waals surface area contributed by atoms with Gasteiger partial charge in [0.2, 0.25) is 0 Å². The molecule has 1 fully saturated rings. The Morgan fingerprint density at radius 2 is 1.45 bits per heavy atom. The Labute approximate surface area is 137 Å². The van der Waals surface area contributed by atoms with Crippen LogP contribution in [-0.4, -0.2) is 34.2 Å². The van der Waals surface area contributed by atoms with Crippen LogP contribution < -0.4 is 0 Å². The van der Waals surface area contributed by atoms with Crippen molar-refractivity contribution in [1.82, 2.24) is 9.80 Å². The molecule has 1 aliphatic rings. The van der Waals surface area contributed by atoms with Crippen LogP contribution in [0.5, 0.6) is 0 Å². The summed E-state index contributed by atoms with van der Waals surface area (Å²) in [4.78, 5) is 16.6. The van der Waals surface area contributed by atoms with Gasteiger partial charge in [0.15, 0.2) is 0 Å². The van der Waals surface area contributed by atoms with Crippen molar-refractivity contribution in [3.8, 4) is 0 Å². The molecule has 0 N–H and O–H groups in total. The van der Waals surface area contributed by atoms with E-state index in [4.69, 9.17) is 0 Å². The summed E-state index contributed by atoms with van der Waals surface area (Å²) in [5, 5.41) is 0. The Morgan fingerprint density at radius 3 is 2.00 bits per heavy atom. The number of carbonyl (C=O) groups is 1. The van der Waals surface area contributed by atoms with E-state index < -0.39 is 0 Å². The van der Waals surface area contributed by atoms with Gasteiger partial charge in [-0.2, -0.15) is 12.6 Å². The third kappa shape index (κ3) is 3.28. The van der Waals surface area contributed by atoms with Gasteiger partial charge < -0.3 is 9.80 Å². The molecule has 3 rings (SSSR count). The van der Waals surface area contributed by atoms with Crippen molar-refractivity contribution in [2.45, 2.75) is 19.1 Å². The zero-order valence-corrected chi connectivity index (χ0v) is 13.3. The first-order valence-electron chi connectivity index (χ1n) is 7.52. The fraction of sp³-hybridized carbons (Fsp3) is 0.278. The summed E-state index contributed by atoms with van der Waals surface area (Å²) in [6, 6.07) is 20.5. The Morgan fingerprint density at radius 1 is 0.909 bits per heavy atom.